The number of nitrogens with two attached hydrogens (primary N) is 1. The molecule has 2 N–H and O–H groups in total. The van der Waals surface area contributed by atoms with Crippen LogP contribution in [0, 0.1) is 5.41 Å². The van der Waals surface area contributed by atoms with Crippen LogP contribution >= 0.6 is 0 Å². The van der Waals surface area contributed by atoms with Gasteiger partial charge in [-0.25, -0.2) is 9.97 Å². The summed E-state index contributed by atoms with van der Waals surface area (Å²) in [7, 11) is 0. The van der Waals surface area contributed by atoms with Crippen molar-refractivity contribution in [2.45, 2.75) is 51.9 Å². The number of nitrogens with zero attached hydrogens (tertiary/aromatic N) is 2. The highest BCUT2D eigenvalue weighted by atomic mass is 14.9. The van der Waals surface area contributed by atoms with Crippen molar-refractivity contribution < 1.29 is 0 Å². The van der Waals surface area contributed by atoms with Crippen molar-refractivity contribution >= 4 is 0 Å². The van der Waals surface area contributed by atoms with Gasteiger partial charge >= 0.3 is 0 Å². The normalized spacial score (nSPS) is 20.4. The zero-order valence-electron chi connectivity index (χ0n) is 10.9. The third-order valence-electron chi connectivity index (χ3n) is 3.84. The molecule has 0 bridgehead atoms. The van der Waals surface area contributed by atoms with Crippen molar-refractivity contribution in [3.8, 4) is 0 Å². The van der Waals surface area contributed by atoms with E-state index in [1.807, 2.05) is 12.3 Å². The maximum absolute atomic E-state index is 5.56. The molecule has 17 heavy (non-hydrogen) atoms. The maximum Gasteiger partial charge on any atom is 0.131 e. The van der Waals surface area contributed by atoms with Gasteiger partial charge < -0.3 is 5.73 Å². The van der Waals surface area contributed by atoms with E-state index in [4.69, 9.17) is 5.73 Å². The van der Waals surface area contributed by atoms with Crippen LogP contribution in [0.15, 0.2) is 12.3 Å². The van der Waals surface area contributed by atoms with E-state index in [0.717, 1.165) is 17.9 Å². The molecular formula is C14H23N3. The van der Waals surface area contributed by atoms with Crippen LogP contribution in [0.2, 0.25) is 0 Å². The summed E-state index contributed by atoms with van der Waals surface area (Å²) in [5.41, 5.74) is 7.16. The van der Waals surface area contributed by atoms with E-state index >= 15 is 0 Å². The van der Waals surface area contributed by atoms with Gasteiger partial charge in [0, 0.05) is 24.2 Å². The number of rotatable bonds is 3. The predicted molar refractivity (Wildman–Crippen MR) is 69.8 cm³/mol. The Balaban J connectivity index is 2.05. The lowest BCUT2D eigenvalue weighted by Crippen LogP contribution is -2.21. The first-order chi connectivity index (χ1) is 8.11. The van der Waals surface area contributed by atoms with Crippen molar-refractivity contribution in [2.24, 2.45) is 11.1 Å². The minimum Gasteiger partial charge on any atom is -0.330 e. The lowest BCUT2D eigenvalue weighted by Gasteiger charge is -2.33. The van der Waals surface area contributed by atoms with Crippen LogP contribution in [0.4, 0.5) is 0 Å². The largest absolute Gasteiger partial charge is 0.330 e. The minimum atomic E-state index is 0.505. The Morgan fingerprint density at radius 1 is 1.35 bits per heavy atom. The zero-order valence-corrected chi connectivity index (χ0v) is 10.9. The summed E-state index contributed by atoms with van der Waals surface area (Å²) in [6.45, 7) is 5.37. The van der Waals surface area contributed by atoms with E-state index in [-0.39, 0.29) is 0 Å². The molecule has 1 aliphatic carbocycles. The number of aromatic nitrogens is 2. The highest BCUT2D eigenvalue weighted by molar-refractivity contribution is 5.07. The average molecular weight is 233 g/mol. The minimum absolute atomic E-state index is 0.505. The molecule has 0 saturated heterocycles. The fourth-order valence-corrected chi connectivity index (χ4v) is 2.55. The summed E-state index contributed by atoms with van der Waals surface area (Å²) in [4.78, 5) is 9.08. The van der Waals surface area contributed by atoms with Gasteiger partial charge in [-0.05, 0) is 43.7 Å². The van der Waals surface area contributed by atoms with E-state index in [9.17, 15) is 0 Å². The van der Waals surface area contributed by atoms with Gasteiger partial charge in [0.1, 0.15) is 5.82 Å². The first-order valence-electron chi connectivity index (χ1n) is 6.63. The van der Waals surface area contributed by atoms with E-state index in [1.165, 1.54) is 25.7 Å². The van der Waals surface area contributed by atoms with Crippen LogP contribution in [-0.4, -0.2) is 16.5 Å². The molecule has 94 valence electrons. The second-order valence-corrected chi connectivity index (χ2v) is 5.88. The molecule has 0 aromatic carbocycles. The molecule has 1 aromatic heterocycles. The summed E-state index contributed by atoms with van der Waals surface area (Å²) in [5, 5.41) is 0. The van der Waals surface area contributed by atoms with Crippen LogP contribution in [0.25, 0.3) is 0 Å². The molecule has 3 heteroatoms. The van der Waals surface area contributed by atoms with E-state index < -0.39 is 0 Å². The summed E-state index contributed by atoms with van der Waals surface area (Å²) >= 11 is 0. The lowest BCUT2D eigenvalue weighted by atomic mass is 9.73. The third kappa shape index (κ3) is 3.25. The van der Waals surface area contributed by atoms with Gasteiger partial charge in [0.2, 0.25) is 0 Å². The number of hydrogen-bond donors (Lipinski definition) is 1. The highest BCUT2D eigenvalue weighted by Gasteiger charge is 2.28. The van der Waals surface area contributed by atoms with Crippen molar-refractivity contribution in [1.82, 2.24) is 9.97 Å². The fourth-order valence-electron chi connectivity index (χ4n) is 2.55. The Morgan fingerprint density at radius 2 is 2.06 bits per heavy atom. The molecule has 3 nitrogen and oxygen atoms in total. The molecule has 0 aliphatic heterocycles. The quantitative estimate of drug-likeness (QED) is 0.873. The van der Waals surface area contributed by atoms with Crippen LogP contribution in [0.5, 0.6) is 0 Å². The molecule has 2 rings (SSSR count). The Bertz CT molecular complexity index is 363. The predicted octanol–water partition coefficient (Wildman–Crippen LogP) is 2.66. The molecule has 0 unspecified atom stereocenters. The summed E-state index contributed by atoms with van der Waals surface area (Å²) < 4.78 is 0. The molecule has 1 saturated carbocycles. The monoisotopic (exact) mass is 233 g/mol. The van der Waals surface area contributed by atoms with Crippen molar-refractivity contribution in [3.63, 3.8) is 0 Å². The lowest BCUT2D eigenvalue weighted by molar-refractivity contribution is 0.220. The van der Waals surface area contributed by atoms with E-state index in [1.54, 1.807) is 0 Å². The SMILES string of the molecule is CC1(C)CCC(c2nccc(CCN)n2)CC1. The summed E-state index contributed by atoms with van der Waals surface area (Å²) in [5.74, 6) is 1.59. The van der Waals surface area contributed by atoms with Crippen molar-refractivity contribution in [3.05, 3.63) is 23.8 Å². The molecule has 1 heterocycles. The van der Waals surface area contributed by atoms with Gasteiger partial charge in [-0.15, -0.1) is 0 Å². The summed E-state index contributed by atoms with van der Waals surface area (Å²) in [6.07, 6.45) is 7.74. The third-order valence-corrected chi connectivity index (χ3v) is 3.84. The molecule has 0 amide bonds. The Labute approximate surface area is 104 Å². The van der Waals surface area contributed by atoms with Gasteiger partial charge in [0.05, 0.1) is 0 Å². The molecule has 1 fully saturated rings. The fraction of sp³-hybridized carbons (Fsp3) is 0.714. The van der Waals surface area contributed by atoms with Crippen LogP contribution < -0.4 is 5.73 Å². The number of hydrogen-bond acceptors (Lipinski definition) is 3. The van der Waals surface area contributed by atoms with Crippen LogP contribution in [0.1, 0.15) is 57.0 Å². The molecular weight excluding hydrogens is 210 g/mol. The van der Waals surface area contributed by atoms with Gasteiger partial charge in [-0.1, -0.05) is 13.8 Å². The second-order valence-electron chi connectivity index (χ2n) is 5.88. The standard InChI is InChI=1S/C14H23N3/c1-14(2)7-3-11(4-8-14)13-16-10-6-12(17-13)5-9-15/h6,10-11H,3-5,7-9,15H2,1-2H3. The maximum atomic E-state index is 5.56. The Morgan fingerprint density at radius 3 is 2.71 bits per heavy atom. The van der Waals surface area contributed by atoms with Gasteiger partial charge in [-0.3, -0.25) is 0 Å². The Kier molecular flexibility index (Phi) is 3.77. The van der Waals surface area contributed by atoms with Crippen molar-refractivity contribution in [2.75, 3.05) is 6.54 Å². The smallest absolute Gasteiger partial charge is 0.131 e. The van der Waals surface area contributed by atoms with Gasteiger partial charge in [0.15, 0.2) is 0 Å². The highest BCUT2D eigenvalue weighted by Crippen LogP contribution is 2.41. The van der Waals surface area contributed by atoms with E-state index in [0.29, 0.717) is 17.9 Å². The van der Waals surface area contributed by atoms with Crippen LogP contribution in [-0.2, 0) is 6.42 Å². The Hall–Kier alpha value is -0.960. The van der Waals surface area contributed by atoms with Crippen molar-refractivity contribution in [1.29, 1.82) is 0 Å². The molecule has 0 radical (unpaired) electrons. The molecule has 0 atom stereocenters. The first-order valence-corrected chi connectivity index (χ1v) is 6.63. The molecule has 1 aromatic rings. The molecule has 0 spiro atoms. The zero-order chi connectivity index (χ0) is 12.3. The summed E-state index contributed by atoms with van der Waals surface area (Å²) in [6, 6.07) is 1.98. The topological polar surface area (TPSA) is 51.8 Å². The molecule has 1 aliphatic rings. The van der Waals surface area contributed by atoms with Gasteiger partial charge in [0.25, 0.3) is 0 Å². The first kappa shape index (κ1) is 12.5. The second kappa shape index (κ2) is 5.13. The van der Waals surface area contributed by atoms with Gasteiger partial charge in [-0.2, -0.15) is 0 Å². The van der Waals surface area contributed by atoms with Crippen LogP contribution in [0.3, 0.4) is 0 Å². The van der Waals surface area contributed by atoms with E-state index in [2.05, 4.69) is 23.8 Å². The average Bonchev–Trinajstić information content (AvgIpc) is 2.30.